The van der Waals surface area contributed by atoms with E-state index in [-0.39, 0.29) is 12.7 Å². The van der Waals surface area contributed by atoms with Gasteiger partial charge in [0.2, 0.25) is 12.7 Å². The highest BCUT2D eigenvalue weighted by molar-refractivity contribution is 7.14. The predicted octanol–water partition coefficient (Wildman–Crippen LogP) is 4.03. The van der Waals surface area contributed by atoms with Crippen LogP contribution in [0.25, 0.3) is 21.7 Å². The summed E-state index contributed by atoms with van der Waals surface area (Å²) >= 11 is 7.66. The Labute approximate surface area is 128 Å². The smallest absolute Gasteiger partial charge is 0.231 e. The molecule has 0 bridgehead atoms. The minimum atomic E-state index is 0.224. The van der Waals surface area contributed by atoms with E-state index in [4.69, 9.17) is 31.3 Å². The highest BCUT2D eigenvalue weighted by atomic mass is 35.5. The van der Waals surface area contributed by atoms with E-state index in [1.165, 1.54) is 11.3 Å². The van der Waals surface area contributed by atoms with Gasteiger partial charge in [-0.05, 0) is 29.1 Å². The molecule has 0 amide bonds. The number of aromatic nitrogens is 1. The molecule has 0 atom stereocenters. The lowest BCUT2D eigenvalue weighted by Crippen LogP contribution is -1.92. The van der Waals surface area contributed by atoms with Gasteiger partial charge in [0, 0.05) is 0 Å². The molecule has 3 aromatic rings. The molecule has 2 N–H and O–H groups in total. The van der Waals surface area contributed by atoms with Crippen LogP contribution in [0.2, 0.25) is 5.02 Å². The van der Waals surface area contributed by atoms with Gasteiger partial charge in [-0.1, -0.05) is 22.8 Å². The maximum atomic E-state index is 6.18. The summed E-state index contributed by atoms with van der Waals surface area (Å²) in [5, 5.41) is 6.56. The zero-order valence-electron chi connectivity index (χ0n) is 10.6. The van der Waals surface area contributed by atoms with Gasteiger partial charge in [-0.2, -0.15) is 0 Å². The molecule has 5 nitrogen and oxygen atoms in total. The second-order valence-corrected chi connectivity index (χ2v) is 5.76. The van der Waals surface area contributed by atoms with Crippen molar-refractivity contribution in [3.05, 3.63) is 34.7 Å². The Hall–Kier alpha value is -2.18. The van der Waals surface area contributed by atoms with Gasteiger partial charge in [-0.15, -0.1) is 11.3 Å². The molecular formula is C14H9ClN2O3S. The van der Waals surface area contributed by atoms with Crippen LogP contribution in [0.4, 0.5) is 5.88 Å². The molecule has 0 fully saturated rings. The van der Waals surface area contributed by atoms with Crippen molar-refractivity contribution < 1.29 is 14.0 Å². The molecular weight excluding hydrogens is 312 g/mol. The fraction of sp³-hybridized carbons (Fsp3) is 0.0714. The molecule has 0 saturated carbocycles. The first-order chi connectivity index (χ1) is 10.2. The molecule has 0 saturated heterocycles. The summed E-state index contributed by atoms with van der Waals surface area (Å²) < 4.78 is 15.9. The molecule has 0 aliphatic carbocycles. The van der Waals surface area contributed by atoms with Gasteiger partial charge in [0.05, 0.1) is 15.5 Å². The van der Waals surface area contributed by atoms with Gasteiger partial charge in [0.1, 0.15) is 5.69 Å². The first kappa shape index (κ1) is 12.6. The predicted molar refractivity (Wildman–Crippen MR) is 80.8 cm³/mol. The average molecular weight is 321 g/mol. The molecule has 1 aliphatic rings. The molecule has 7 heteroatoms. The van der Waals surface area contributed by atoms with Crippen LogP contribution in [0.5, 0.6) is 11.5 Å². The maximum absolute atomic E-state index is 6.18. The second-order valence-electron chi connectivity index (χ2n) is 4.44. The van der Waals surface area contributed by atoms with Crippen molar-refractivity contribution in [3.63, 3.8) is 0 Å². The number of thiophene rings is 1. The Morgan fingerprint density at radius 2 is 2.05 bits per heavy atom. The van der Waals surface area contributed by atoms with Crippen LogP contribution in [0.15, 0.2) is 34.2 Å². The van der Waals surface area contributed by atoms with Crippen molar-refractivity contribution >= 4 is 28.8 Å². The highest BCUT2D eigenvalue weighted by Gasteiger charge is 2.22. The second kappa shape index (κ2) is 4.68. The van der Waals surface area contributed by atoms with E-state index < -0.39 is 0 Å². The van der Waals surface area contributed by atoms with Crippen molar-refractivity contribution in [2.45, 2.75) is 0 Å². The number of halogens is 1. The van der Waals surface area contributed by atoms with Crippen LogP contribution in [-0.4, -0.2) is 11.9 Å². The summed E-state index contributed by atoms with van der Waals surface area (Å²) in [7, 11) is 0. The van der Waals surface area contributed by atoms with Gasteiger partial charge >= 0.3 is 0 Å². The van der Waals surface area contributed by atoms with Crippen LogP contribution < -0.4 is 15.2 Å². The Morgan fingerprint density at radius 1 is 1.19 bits per heavy atom. The van der Waals surface area contributed by atoms with Crippen molar-refractivity contribution in [2.75, 3.05) is 12.5 Å². The van der Waals surface area contributed by atoms with Gasteiger partial charge in [0.25, 0.3) is 0 Å². The van der Waals surface area contributed by atoms with Crippen LogP contribution in [0.3, 0.4) is 0 Å². The monoisotopic (exact) mass is 320 g/mol. The number of rotatable bonds is 2. The van der Waals surface area contributed by atoms with E-state index in [1.54, 1.807) is 0 Å². The van der Waals surface area contributed by atoms with E-state index in [2.05, 4.69) is 5.16 Å². The number of anilines is 1. The SMILES string of the molecule is Nc1onc(-c2sccc2Cl)c1-c1ccc2c(c1)OCO2. The number of fused-ring (bicyclic) bond motifs is 1. The zero-order chi connectivity index (χ0) is 14.4. The fourth-order valence-corrected chi connectivity index (χ4v) is 3.38. The molecule has 21 heavy (non-hydrogen) atoms. The van der Waals surface area contributed by atoms with Crippen LogP contribution in [-0.2, 0) is 0 Å². The molecule has 4 rings (SSSR count). The van der Waals surface area contributed by atoms with Crippen molar-refractivity contribution in [1.82, 2.24) is 5.16 Å². The van der Waals surface area contributed by atoms with Crippen LogP contribution >= 0.6 is 22.9 Å². The van der Waals surface area contributed by atoms with Gasteiger partial charge < -0.3 is 19.7 Å². The first-order valence-corrected chi connectivity index (χ1v) is 7.38. The van der Waals surface area contributed by atoms with E-state index in [1.807, 2.05) is 29.6 Å². The van der Waals surface area contributed by atoms with E-state index in [9.17, 15) is 0 Å². The third kappa shape index (κ3) is 1.95. The molecule has 1 aliphatic heterocycles. The highest BCUT2D eigenvalue weighted by Crippen LogP contribution is 2.44. The minimum absolute atomic E-state index is 0.224. The number of nitrogen functional groups attached to an aromatic ring is 1. The summed E-state index contributed by atoms with van der Waals surface area (Å²) in [5.74, 6) is 1.63. The Bertz CT molecular complexity index is 827. The summed E-state index contributed by atoms with van der Waals surface area (Å²) in [6, 6.07) is 7.40. The molecule has 0 radical (unpaired) electrons. The zero-order valence-corrected chi connectivity index (χ0v) is 12.2. The Balaban J connectivity index is 1.89. The lowest BCUT2D eigenvalue weighted by atomic mass is 10.0. The van der Waals surface area contributed by atoms with Gasteiger partial charge in [-0.25, -0.2) is 0 Å². The molecule has 3 heterocycles. The summed E-state index contributed by atoms with van der Waals surface area (Å²) in [5.41, 5.74) is 8.12. The van der Waals surface area contributed by atoms with E-state index in [0.29, 0.717) is 27.8 Å². The maximum Gasteiger partial charge on any atom is 0.231 e. The average Bonchev–Trinajstić information content (AvgIpc) is 3.17. The quantitative estimate of drug-likeness (QED) is 0.771. The lowest BCUT2D eigenvalue weighted by molar-refractivity contribution is 0.174. The molecule has 2 aromatic heterocycles. The van der Waals surface area contributed by atoms with E-state index in [0.717, 1.165) is 10.4 Å². The summed E-state index contributed by atoms with van der Waals surface area (Å²) in [6.45, 7) is 0.224. The van der Waals surface area contributed by atoms with Gasteiger partial charge in [-0.3, -0.25) is 0 Å². The number of nitrogens with two attached hydrogens (primary N) is 1. The lowest BCUT2D eigenvalue weighted by Gasteiger charge is -2.03. The number of benzene rings is 1. The van der Waals surface area contributed by atoms with Crippen LogP contribution in [0.1, 0.15) is 0 Å². The van der Waals surface area contributed by atoms with Gasteiger partial charge in [0.15, 0.2) is 11.5 Å². The summed E-state index contributed by atoms with van der Waals surface area (Å²) in [6.07, 6.45) is 0. The Morgan fingerprint density at radius 3 is 2.86 bits per heavy atom. The first-order valence-electron chi connectivity index (χ1n) is 6.12. The van der Waals surface area contributed by atoms with Crippen molar-refractivity contribution in [1.29, 1.82) is 0 Å². The number of nitrogens with zero attached hydrogens (tertiary/aromatic N) is 1. The summed E-state index contributed by atoms with van der Waals surface area (Å²) in [4.78, 5) is 0.824. The molecule has 1 aromatic carbocycles. The van der Waals surface area contributed by atoms with Crippen molar-refractivity contribution in [3.8, 4) is 33.2 Å². The molecule has 106 valence electrons. The van der Waals surface area contributed by atoms with Crippen LogP contribution in [0, 0.1) is 0 Å². The third-order valence-corrected chi connectivity index (χ3v) is 4.56. The molecule has 0 spiro atoms. The van der Waals surface area contributed by atoms with E-state index >= 15 is 0 Å². The topological polar surface area (TPSA) is 70.5 Å². The standard InChI is InChI=1S/C14H9ClN2O3S/c15-8-3-4-21-13(8)12-11(14(16)20-17-12)7-1-2-9-10(5-7)19-6-18-9/h1-5H,6,16H2. The Kier molecular flexibility index (Phi) is 2.80. The fourth-order valence-electron chi connectivity index (χ4n) is 2.25. The number of hydrogen-bond donors (Lipinski definition) is 1. The number of ether oxygens (including phenoxy) is 2. The molecule has 0 unspecified atom stereocenters. The minimum Gasteiger partial charge on any atom is -0.454 e. The number of hydrogen-bond acceptors (Lipinski definition) is 6. The van der Waals surface area contributed by atoms with Crippen molar-refractivity contribution in [2.24, 2.45) is 0 Å². The largest absolute Gasteiger partial charge is 0.454 e. The third-order valence-electron chi connectivity index (χ3n) is 3.21. The normalized spacial score (nSPS) is 12.8.